The molecule has 0 aliphatic heterocycles. The Bertz CT molecular complexity index is 668. The Hall–Kier alpha value is -2.09. The zero-order chi connectivity index (χ0) is 17.8. The van der Waals surface area contributed by atoms with E-state index in [4.69, 9.17) is 5.73 Å². The van der Waals surface area contributed by atoms with Crippen molar-refractivity contribution < 1.29 is 18.0 Å². The van der Waals surface area contributed by atoms with Gasteiger partial charge in [-0.05, 0) is 45.4 Å². The Labute approximate surface area is 136 Å². The van der Waals surface area contributed by atoms with Crippen molar-refractivity contribution in [2.24, 2.45) is 5.73 Å². The van der Waals surface area contributed by atoms with E-state index in [1.807, 2.05) is 0 Å². The van der Waals surface area contributed by atoms with Crippen molar-refractivity contribution in [3.8, 4) is 0 Å². The van der Waals surface area contributed by atoms with Gasteiger partial charge in [-0.15, -0.1) is 0 Å². The lowest BCUT2D eigenvalue weighted by molar-refractivity contribution is -0.127. The molecule has 1 aromatic rings. The average molecular weight is 341 g/mol. The van der Waals surface area contributed by atoms with E-state index in [2.05, 4.69) is 10.0 Å². The molecule has 2 amide bonds. The maximum absolute atomic E-state index is 12.0. The third kappa shape index (κ3) is 5.24. The van der Waals surface area contributed by atoms with Crippen LogP contribution in [0.3, 0.4) is 0 Å². The molecule has 1 rings (SSSR count). The van der Waals surface area contributed by atoms with Crippen molar-refractivity contribution in [2.75, 3.05) is 4.72 Å². The molecule has 0 fully saturated rings. The van der Waals surface area contributed by atoms with Gasteiger partial charge in [-0.1, -0.05) is 12.1 Å². The molecule has 2 atom stereocenters. The zero-order valence-electron chi connectivity index (χ0n) is 13.7. The predicted octanol–water partition coefficient (Wildman–Crippen LogP) is 0.930. The van der Waals surface area contributed by atoms with E-state index in [-0.39, 0.29) is 5.91 Å². The molecule has 0 radical (unpaired) electrons. The van der Waals surface area contributed by atoms with Gasteiger partial charge in [-0.25, -0.2) is 8.42 Å². The summed E-state index contributed by atoms with van der Waals surface area (Å²) in [7, 11) is -3.41. The van der Waals surface area contributed by atoms with E-state index in [0.29, 0.717) is 11.3 Å². The first kappa shape index (κ1) is 19.0. The van der Waals surface area contributed by atoms with Crippen LogP contribution in [0.5, 0.6) is 0 Å². The quantitative estimate of drug-likeness (QED) is 0.683. The fourth-order valence-electron chi connectivity index (χ4n) is 1.68. The number of amides is 2. The molecular weight excluding hydrogens is 318 g/mol. The smallest absolute Gasteiger partial charge is 0.239 e. The van der Waals surface area contributed by atoms with Crippen LogP contribution in [0.25, 0.3) is 0 Å². The first-order valence-electron chi connectivity index (χ1n) is 7.26. The van der Waals surface area contributed by atoms with E-state index in [9.17, 15) is 18.0 Å². The van der Waals surface area contributed by atoms with Gasteiger partial charge in [0.2, 0.25) is 21.8 Å². The molecule has 0 aliphatic carbocycles. The largest absolute Gasteiger partial charge is 0.368 e. The van der Waals surface area contributed by atoms with Gasteiger partial charge in [0.05, 0.1) is 11.2 Å². The van der Waals surface area contributed by atoms with E-state index < -0.39 is 33.1 Å². The Morgan fingerprint density at radius 1 is 1.04 bits per heavy atom. The minimum absolute atomic E-state index is 0.327. The third-order valence-electron chi connectivity index (χ3n) is 3.47. The highest BCUT2D eigenvalue weighted by Crippen LogP contribution is 2.19. The van der Waals surface area contributed by atoms with E-state index in [0.717, 1.165) is 0 Å². The highest BCUT2D eigenvalue weighted by atomic mass is 32.2. The van der Waals surface area contributed by atoms with Gasteiger partial charge < -0.3 is 11.1 Å². The van der Waals surface area contributed by atoms with Crippen molar-refractivity contribution in [2.45, 2.75) is 44.9 Å². The van der Waals surface area contributed by atoms with Crippen LogP contribution in [0.2, 0.25) is 0 Å². The summed E-state index contributed by atoms with van der Waals surface area (Å²) in [6, 6.07) is 5.77. The number of nitrogens with one attached hydrogen (secondary N) is 2. The van der Waals surface area contributed by atoms with Crippen molar-refractivity contribution in [1.29, 1.82) is 0 Å². The van der Waals surface area contributed by atoms with Crippen molar-refractivity contribution in [3.05, 3.63) is 29.8 Å². The lowest BCUT2D eigenvalue weighted by atomic mass is 10.00. The lowest BCUT2D eigenvalue weighted by Crippen LogP contribution is -2.43. The molecule has 0 unspecified atom stereocenters. The van der Waals surface area contributed by atoms with Crippen LogP contribution >= 0.6 is 0 Å². The molecule has 0 aromatic heterocycles. The van der Waals surface area contributed by atoms with Crippen LogP contribution < -0.4 is 15.8 Å². The van der Waals surface area contributed by atoms with Gasteiger partial charge in [-0.2, -0.15) is 0 Å². The molecular formula is C15H23N3O4S. The van der Waals surface area contributed by atoms with Gasteiger partial charge in [0.1, 0.15) is 6.04 Å². The Kier molecular flexibility index (Phi) is 6.14. The fourth-order valence-corrected chi connectivity index (χ4v) is 2.38. The fraction of sp³-hybridized carbons (Fsp3) is 0.467. The topological polar surface area (TPSA) is 118 Å². The minimum atomic E-state index is -3.41. The lowest BCUT2D eigenvalue weighted by Gasteiger charge is -2.16. The highest BCUT2D eigenvalue weighted by molar-refractivity contribution is 7.93. The SMILES string of the molecule is CC(C)S(=O)(=O)Nc1ccc([C@H](C)C(=O)N[C@@H](C)C(N)=O)cc1. The normalized spacial score (nSPS) is 14.1. The monoisotopic (exact) mass is 341 g/mol. The molecule has 0 aliphatic rings. The third-order valence-corrected chi connectivity index (χ3v) is 5.23. The number of hydrogen-bond donors (Lipinski definition) is 3. The molecule has 0 bridgehead atoms. The summed E-state index contributed by atoms with van der Waals surface area (Å²) < 4.78 is 26.1. The standard InChI is InChI=1S/C15H23N3O4S/c1-9(2)23(21,22)18-13-7-5-12(6-8-13)10(3)15(20)17-11(4)14(16)19/h5-11,18H,1-4H3,(H2,16,19)(H,17,20)/t10-,11-/m0/s1. The van der Waals surface area contributed by atoms with Gasteiger partial charge in [0, 0.05) is 5.69 Å². The van der Waals surface area contributed by atoms with Crippen LogP contribution in [-0.4, -0.2) is 31.5 Å². The number of carbonyl (C=O) groups excluding carboxylic acids is 2. The van der Waals surface area contributed by atoms with E-state index >= 15 is 0 Å². The number of nitrogens with two attached hydrogens (primary N) is 1. The van der Waals surface area contributed by atoms with Gasteiger partial charge in [0.25, 0.3) is 0 Å². The Balaban J connectivity index is 2.80. The molecule has 0 spiro atoms. The second-order valence-corrected chi connectivity index (χ2v) is 7.91. The summed E-state index contributed by atoms with van der Waals surface area (Å²) in [5, 5.41) is 1.98. The maximum Gasteiger partial charge on any atom is 0.239 e. The minimum Gasteiger partial charge on any atom is -0.368 e. The summed E-state index contributed by atoms with van der Waals surface area (Å²) in [5.41, 5.74) is 6.24. The number of carbonyl (C=O) groups is 2. The first-order chi connectivity index (χ1) is 10.5. The maximum atomic E-state index is 12.0. The second kappa shape index (κ2) is 7.45. The summed E-state index contributed by atoms with van der Waals surface area (Å²) >= 11 is 0. The van der Waals surface area contributed by atoms with Crippen LogP contribution in [0, 0.1) is 0 Å². The molecule has 0 saturated heterocycles. The summed E-state index contributed by atoms with van der Waals surface area (Å²) in [6.45, 7) is 6.37. The van der Waals surface area contributed by atoms with Crippen molar-refractivity contribution in [1.82, 2.24) is 5.32 Å². The number of primary amides is 1. The molecule has 8 heteroatoms. The molecule has 0 heterocycles. The molecule has 7 nitrogen and oxygen atoms in total. The second-order valence-electron chi connectivity index (χ2n) is 5.67. The van der Waals surface area contributed by atoms with E-state index in [1.165, 1.54) is 6.92 Å². The van der Waals surface area contributed by atoms with Gasteiger partial charge in [-0.3, -0.25) is 14.3 Å². The molecule has 23 heavy (non-hydrogen) atoms. The predicted molar refractivity (Wildman–Crippen MR) is 89.3 cm³/mol. The Morgan fingerprint density at radius 2 is 1.57 bits per heavy atom. The van der Waals surface area contributed by atoms with Gasteiger partial charge in [0.15, 0.2) is 0 Å². The summed E-state index contributed by atoms with van der Waals surface area (Å²) in [4.78, 5) is 23.0. The van der Waals surface area contributed by atoms with Crippen LogP contribution in [0.1, 0.15) is 39.2 Å². The number of rotatable bonds is 7. The molecule has 1 aromatic carbocycles. The number of anilines is 1. The number of sulfonamides is 1. The van der Waals surface area contributed by atoms with Crippen LogP contribution in [0.15, 0.2) is 24.3 Å². The van der Waals surface area contributed by atoms with Crippen LogP contribution in [0.4, 0.5) is 5.69 Å². The summed E-state index contributed by atoms with van der Waals surface area (Å²) in [5.74, 6) is -1.43. The average Bonchev–Trinajstić information content (AvgIpc) is 2.46. The zero-order valence-corrected chi connectivity index (χ0v) is 14.5. The molecule has 4 N–H and O–H groups in total. The Morgan fingerprint density at radius 3 is 2.00 bits per heavy atom. The molecule has 0 saturated carbocycles. The van der Waals surface area contributed by atoms with Gasteiger partial charge >= 0.3 is 0 Å². The van der Waals surface area contributed by atoms with Crippen molar-refractivity contribution >= 4 is 27.5 Å². The number of benzene rings is 1. The number of hydrogen-bond acceptors (Lipinski definition) is 4. The first-order valence-corrected chi connectivity index (χ1v) is 8.80. The summed E-state index contributed by atoms with van der Waals surface area (Å²) in [6.07, 6.45) is 0. The van der Waals surface area contributed by atoms with Crippen molar-refractivity contribution in [3.63, 3.8) is 0 Å². The molecule has 128 valence electrons. The van der Waals surface area contributed by atoms with E-state index in [1.54, 1.807) is 45.0 Å². The highest BCUT2D eigenvalue weighted by Gasteiger charge is 2.20. The van der Waals surface area contributed by atoms with Crippen LogP contribution in [-0.2, 0) is 19.6 Å².